The zero-order chi connectivity index (χ0) is 43.2. The first-order chi connectivity index (χ1) is 30.5. The Labute approximate surface area is 371 Å². The summed E-state index contributed by atoms with van der Waals surface area (Å²) in [5, 5.41) is 12.8. The highest BCUT2D eigenvalue weighted by atomic mass is 15.0. The number of aryl methyl sites for hydroxylation is 1. The monoisotopic (exact) mass is 811 g/mol. The summed E-state index contributed by atoms with van der Waals surface area (Å²) in [4.78, 5) is 0. The van der Waals surface area contributed by atoms with Crippen molar-refractivity contribution in [1.29, 1.82) is 0 Å². The van der Waals surface area contributed by atoms with Crippen LogP contribution in [0.2, 0.25) is 0 Å². The molecule has 0 aliphatic heterocycles. The number of nitrogens with zero attached hydrogens (tertiary/aromatic N) is 1. The number of benzene rings is 10. The molecule has 11 aromatic rings. The van der Waals surface area contributed by atoms with E-state index in [9.17, 15) is 0 Å². The Hall–Kier alpha value is -6.96. The van der Waals surface area contributed by atoms with Gasteiger partial charge in [-0.3, -0.25) is 0 Å². The summed E-state index contributed by atoms with van der Waals surface area (Å²) < 4.78 is 2.66. The molecule has 1 heterocycles. The lowest BCUT2D eigenvalue weighted by molar-refractivity contribution is 0.590. The smallest absolute Gasteiger partial charge is 0.0571 e. The molecule has 0 aliphatic carbocycles. The molecule has 0 N–H and O–H groups in total. The highest BCUT2D eigenvalue weighted by Crippen LogP contribution is 2.51. The Bertz CT molecular complexity index is 3240. The molecule has 0 aliphatic rings. The van der Waals surface area contributed by atoms with Gasteiger partial charge in [-0.1, -0.05) is 199 Å². The van der Waals surface area contributed by atoms with Gasteiger partial charge < -0.3 is 4.57 Å². The summed E-state index contributed by atoms with van der Waals surface area (Å²) in [5.74, 6) is 0. The standard InChI is InChI=1S/C62H53N/c1-8-63-59-51(35-41(61(2,3)4)37-53(59)57-47-31-19-15-27-43(47)55(39-23-11-9-12-24-39)44-28-16-20-32-48(44)57)52-36-42(62(5,6)7)38-54(60(52)63)58-49-33-21-17-29-45(49)56(40-25-13-10-14-26-40)46-30-18-22-34-50(46)58/h9-38H,8H2,1-7H3. The average Bonchev–Trinajstić information content (AvgIpc) is 3.63. The summed E-state index contributed by atoms with van der Waals surface area (Å²) >= 11 is 0. The number of hydrogen-bond donors (Lipinski definition) is 0. The summed E-state index contributed by atoms with van der Waals surface area (Å²) in [6, 6.07) is 68.5. The molecule has 0 spiro atoms. The lowest BCUT2D eigenvalue weighted by Crippen LogP contribution is -2.11. The van der Waals surface area contributed by atoms with Crippen molar-refractivity contribution in [3.8, 4) is 44.5 Å². The van der Waals surface area contributed by atoms with E-state index in [1.807, 2.05) is 0 Å². The van der Waals surface area contributed by atoms with Gasteiger partial charge in [-0.2, -0.15) is 0 Å². The third-order valence-electron chi connectivity index (χ3n) is 13.6. The molecule has 0 radical (unpaired) electrons. The SMILES string of the molecule is CCn1c2c(-c3c4ccccc4c(-c4ccccc4)c4ccccc34)cc(C(C)(C)C)cc2c2cc(C(C)(C)C)cc(-c3c4ccccc4c(-c4ccccc4)c4ccccc34)c21. The second kappa shape index (κ2) is 14.6. The van der Waals surface area contributed by atoms with Gasteiger partial charge in [-0.25, -0.2) is 0 Å². The Balaban J connectivity index is 1.36. The van der Waals surface area contributed by atoms with E-state index in [2.05, 4.69) is 235 Å². The van der Waals surface area contributed by atoms with E-state index in [4.69, 9.17) is 0 Å². The van der Waals surface area contributed by atoms with Crippen molar-refractivity contribution in [1.82, 2.24) is 4.57 Å². The molecule has 1 nitrogen and oxygen atoms in total. The van der Waals surface area contributed by atoms with E-state index in [-0.39, 0.29) is 10.8 Å². The van der Waals surface area contributed by atoms with Crippen LogP contribution in [0.3, 0.4) is 0 Å². The fourth-order valence-corrected chi connectivity index (χ4v) is 10.6. The van der Waals surface area contributed by atoms with Crippen molar-refractivity contribution in [2.24, 2.45) is 0 Å². The summed E-state index contributed by atoms with van der Waals surface area (Å²) in [6.45, 7) is 17.3. The van der Waals surface area contributed by atoms with Crippen LogP contribution in [0.15, 0.2) is 182 Å². The zero-order valence-electron chi connectivity index (χ0n) is 37.5. The van der Waals surface area contributed by atoms with E-state index in [1.165, 1.54) is 121 Å². The maximum absolute atomic E-state index is 2.66. The van der Waals surface area contributed by atoms with Crippen LogP contribution in [-0.2, 0) is 17.4 Å². The van der Waals surface area contributed by atoms with E-state index in [1.54, 1.807) is 0 Å². The fourth-order valence-electron chi connectivity index (χ4n) is 10.6. The van der Waals surface area contributed by atoms with Crippen molar-refractivity contribution in [3.05, 3.63) is 193 Å². The van der Waals surface area contributed by atoms with E-state index < -0.39 is 0 Å². The molecule has 11 rings (SSSR count). The van der Waals surface area contributed by atoms with Crippen molar-refractivity contribution >= 4 is 64.9 Å². The van der Waals surface area contributed by atoms with Crippen LogP contribution in [0.25, 0.3) is 109 Å². The normalized spacial score (nSPS) is 12.4. The number of aromatic nitrogens is 1. The third-order valence-corrected chi connectivity index (χ3v) is 13.6. The van der Waals surface area contributed by atoms with Gasteiger partial charge in [-0.05, 0) is 130 Å². The molecule has 0 saturated carbocycles. The van der Waals surface area contributed by atoms with E-state index >= 15 is 0 Å². The molecule has 0 saturated heterocycles. The molecule has 0 unspecified atom stereocenters. The molecule has 10 aromatic carbocycles. The number of hydrogen-bond acceptors (Lipinski definition) is 0. The first kappa shape index (κ1) is 38.9. The molecule has 1 heteroatoms. The van der Waals surface area contributed by atoms with Crippen LogP contribution in [-0.4, -0.2) is 4.57 Å². The van der Waals surface area contributed by atoms with Gasteiger partial charge in [-0.15, -0.1) is 0 Å². The van der Waals surface area contributed by atoms with E-state index in [0.29, 0.717) is 0 Å². The van der Waals surface area contributed by atoms with Gasteiger partial charge in [0, 0.05) is 28.4 Å². The number of fused-ring (bicyclic) bond motifs is 7. The van der Waals surface area contributed by atoms with Gasteiger partial charge in [0.25, 0.3) is 0 Å². The first-order valence-corrected chi connectivity index (χ1v) is 22.7. The maximum atomic E-state index is 2.66. The topological polar surface area (TPSA) is 4.93 Å². The summed E-state index contributed by atoms with van der Waals surface area (Å²) in [5.41, 5.74) is 15.3. The van der Waals surface area contributed by atoms with Crippen LogP contribution in [0.4, 0.5) is 0 Å². The Morgan fingerprint density at radius 3 is 0.857 bits per heavy atom. The molecular weight excluding hydrogens is 759 g/mol. The van der Waals surface area contributed by atoms with Gasteiger partial charge in [0.1, 0.15) is 0 Å². The molecule has 0 fully saturated rings. The quantitative estimate of drug-likeness (QED) is 0.153. The van der Waals surface area contributed by atoms with Crippen molar-refractivity contribution in [3.63, 3.8) is 0 Å². The van der Waals surface area contributed by atoms with Gasteiger partial charge >= 0.3 is 0 Å². The second-order valence-corrected chi connectivity index (χ2v) is 19.5. The first-order valence-electron chi connectivity index (χ1n) is 22.7. The van der Waals surface area contributed by atoms with Gasteiger partial charge in [0.05, 0.1) is 11.0 Å². The average molecular weight is 812 g/mol. The highest BCUT2D eigenvalue weighted by Gasteiger charge is 2.29. The summed E-state index contributed by atoms with van der Waals surface area (Å²) in [7, 11) is 0. The molecular formula is C62H53N. The third kappa shape index (κ3) is 6.12. The predicted molar refractivity (Wildman–Crippen MR) is 274 cm³/mol. The molecule has 63 heavy (non-hydrogen) atoms. The molecule has 0 amide bonds. The lowest BCUT2D eigenvalue weighted by Gasteiger charge is -2.24. The van der Waals surface area contributed by atoms with Gasteiger partial charge in [0.15, 0.2) is 0 Å². The van der Waals surface area contributed by atoms with Gasteiger partial charge in [0.2, 0.25) is 0 Å². The van der Waals surface area contributed by atoms with E-state index in [0.717, 1.165) is 6.54 Å². The van der Waals surface area contributed by atoms with Crippen LogP contribution in [0.5, 0.6) is 0 Å². The molecule has 1 aromatic heterocycles. The van der Waals surface area contributed by atoms with Crippen LogP contribution >= 0.6 is 0 Å². The maximum Gasteiger partial charge on any atom is 0.0571 e. The summed E-state index contributed by atoms with van der Waals surface area (Å²) in [6.07, 6.45) is 0. The minimum absolute atomic E-state index is 0.0939. The fraction of sp³-hybridized carbons (Fsp3) is 0.161. The van der Waals surface area contributed by atoms with Crippen LogP contribution < -0.4 is 0 Å². The molecule has 0 atom stereocenters. The van der Waals surface area contributed by atoms with Crippen molar-refractivity contribution in [2.75, 3.05) is 0 Å². The van der Waals surface area contributed by atoms with Crippen LogP contribution in [0.1, 0.15) is 59.6 Å². The Morgan fingerprint density at radius 2 is 0.587 bits per heavy atom. The van der Waals surface area contributed by atoms with Crippen LogP contribution in [0, 0.1) is 0 Å². The minimum Gasteiger partial charge on any atom is -0.340 e. The Kier molecular flexibility index (Phi) is 9.00. The van der Waals surface area contributed by atoms with Crippen molar-refractivity contribution in [2.45, 2.75) is 65.8 Å². The highest BCUT2D eigenvalue weighted by molar-refractivity contribution is 6.28. The van der Waals surface area contributed by atoms with Crippen molar-refractivity contribution < 1.29 is 0 Å². The molecule has 306 valence electrons. The second-order valence-electron chi connectivity index (χ2n) is 19.5. The molecule has 0 bridgehead atoms. The largest absolute Gasteiger partial charge is 0.340 e. The predicted octanol–water partition coefficient (Wildman–Crippen LogP) is 17.7. The zero-order valence-corrected chi connectivity index (χ0v) is 37.5. The lowest BCUT2D eigenvalue weighted by atomic mass is 9.80. The Morgan fingerprint density at radius 1 is 0.317 bits per heavy atom. The number of rotatable bonds is 5. The minimum atomic E-state index is -0.0939.